The molecule has 3 amide bonds. The van der Waals surface area contributed by atoms with Crippen molar-refractivity contribution in [1.29, 1.82) is 0 Å². The average Bonchev–Trinajstić information content (AvgIpc) is 2.91. The zero-order valence-electron chi connectivity index (χ0n) is 19.2. The van der Waals surface area contributed by atoms with Crippen LogP contribution in [-0.4, -0.2) is 55.3 Å². The van der Waals surface area contributed by atoms with Crippen LogP contribution in [0.3, 0.4) is 0 Å². The van der Waals surface area contributed by atoms with E-state index in [1.807, 2.05) is 36.4 Å². The maximum Gasteiger partial charge on any atom is 0.252 e. The predicted octanol–water partition coefficient (Wildman–Crippen LogP) is 3.28. The Labute approximate surface area is 209 Å². The van der Waals surface area contributed by atoms with E-state index in [1.165, 1.54) is 0 Å². The van der Waals surface area contributed by atoms with Crippen molar-refractivity contribution in [3.63, 3.8) is 0 Å². The smallest absolute Gasteiger partial charge is 0.252 e. The standard InChI is InChI=1S/C27H27ClN4O3/c28-22-11-13-23(14-12-22)31-15-17-32(18-16-31)24(33)19-29-27(35)25(20-7-3-1-4-8-20)30-26(34)21-9-5-2-6-10-21/h1-14,25H,15-19H2,(H,29,35)(H,30,34). The SMILES string of the molecule is O=C(NC(C(=O)NCC(=O)N1CCN(c2ccc(Cl)cc2)CC1)c1ccccc1)c1ccccc1. The zero-order valence-corrected chi connectivity index (χ0v) is 19.9. The van der Waals surface area contributed by atoms with Crippen molar-refractivity contribution in [3.8, 4) is 0 Å². The summed E-state index contributed by atoms with van der Waals surface area (Å²) < 4.78 is 0. The number of carbonyl (C=O) groups excluding carboxylic acids is 3. The quantitative estimate of drug-likeness (QED) is 0.532. The predicted molar refractivity (Wildman–Crippen MR) is 136 cm³/mol. The fourth-order valence-electron chi connectivity index (χ4n) is 3.99. The molecule has 1 aliphatic rings. The zero-order chi connectivity index (χ0) is 24.6. The van der Waals surface area contributed by atoms with Gasteiger partial charge in [-0.1, -0.05) is 60.1 Å². The van der Waals surface area contributed by atoms with Crippen LogP contribution in [0.1, 0.15) is 22.0 Å². The first kappa shape index (κ1) is 24.3. The van der Waals surface area contributed by atoms with E-state index in [2.05, 4.69) is 15.5 Å². The maximum absolute atomic E-state index is 13.0. The van der Waals surface area contributed by atoms with Crippen molar-refractivity contribution in [2.75, 3.05) is 37.6 Å². The van der Waals surface area contributed by atoms with Gasteiger partial charge < -0.3 is 20.4 Å². The van der Waals surface area contributed by atoms with E-state index in [4.69, 9.17) is 11.6 Å². The van der Waals surface area contributed by atoms with Crippen LogP contribution in [0.4, 0.5) is 5.69 Å². The van der Waals surface area contributed by atoms with Gasteiger partial charge in [-0.15, -0.1) is 0 Å². The van der Waals surface area contributed by atoms with Crippen molar-refractivity contribution in [3.05, 3.63) is 101 Å². The minimum Gasteiger partial charge on any atom is -0.368 e. The molecule has 3 aromatic carbocycles. The lowest BCUT2D eigenvalue weighted by Gasteiger charge is -2.36. The molecular formula is C27H27ClN4O3. The van der Waals surface area contributed by atoms with Crippen molar-refractivity contribution in [1.82, 2.24) is 15.5 Å². The number of hydrogen-bond donors (Lipinski definition) is 2. The van der Waals surface area contributed by atoms with Gasteiger partial charge >= 0.3 is 0 Å². The second-order valence-electron chi connectivity index (χ2n) is 8.25. The molecule has 8 heteroatoms. The van der Waals surface area contributed by atoms with Crippen LogP contribution < -0.4 is 15.5 Å². The van der Waals surface area contributed by atoms with E-state index in [1.54, 1.807) is 53.4 Å². The van der Waals surface area contributed by atoms with Crippen LogP contribution >= 0.6 is 11.6 Å². The molecule has 35 heavy (non-hydrogen) atoms. The molecule has 1 atom stereocenters. The van der Waals surface area contributed by atoms with Gasteiger partial charge in [-0.05, 0) is 42.0 Å². The fraction of sp³-hybridized carbons (Fsp3) is 0.222. The summed E-state index contributed by atoms with van der Waals surface area (Å²) in [4.78, 5) is 42.5. The molecule has 0 saturated carbocycles. The number of nitrogens with one attached hydrogen (secondary N) is 2. The van der Waals surface area contributed by atoms with Crippen LogP contribution in [0.25, 0.3) is 0 Å². The van der Waals surface area contributed by atoms with Crippen LogP contribution in [0.15, 0.2) is 84.9 Å². The Morgan fingerprint density at radius 2 is 1.40 bits per heavy atom. The number of piperazine rings is 1. The van der Waals surface area contributed by atoms with Crippen LogP contribution in [-0.2, 0) is 9.59 Å². The van der Waals surface area contributed by atoms with E-state index in [9.17, 15) is 14.4 Å². The molecule has 0 aromatic heterocycles. The molecule has 0 bridgehead atoms. The number of nitrogens with zero attached hydrogens (tertiary/aromatic N) is 2. The number of hydrogen-bond acceptors (Lipinski definition) is 4. The van der Waals surface area contributed by atoms with Gasteiger partial charge in [0.15, 0.2) is 0 Å². The Kier molecular flexibility index (Phi) is 8.00. The molecule has 0 spiro atoms. The molecule has 180 valence electrons. The summed E-state index contributed by atoms with van der Waals surface area (Å²) in [5.74, 6) is -0.955. The normalized spacial score (nSPS) is 14.2. The van der Waals surface area contributed by atoms with Gasteiger partial charge in [-0.3, -0.25) is 14.4 Å². The molecule has 2 N–H and O–H groups in total. The molecule has 1 unspecified atom stereocenters. The summed E-state index contributed by atoms with van der Waals surface area (Å²) in [6.45, 7) is 2.38. The molecule has 1 aliphatic heterocycles. The molecule has 3 aromatic rings. The lowest BCUT2D eigenvalue weighted by Crippen LogP contribution is -2.52. The Morgan fingerprint density at radius 1 is 0.800 bits per heavy atom. The number of amides is 3. The van der Waals surface area contributed by atoms with Gasteiger partial charge in [0.05, 0.1) is 6.54 Å². The van der Waals surface area contributed by atoms with Crippen molar-refractivity contribution in [2.45, 2.75) is 6.04 Å². The molecule has 1 heterocycles. The first-order valence-electron chi connectivity index (χ1n) is 11.5. The second kappa shape index (κ2) is 11.5. The summed E-state index contributed by atoms with van der Waals surface area (Å²) >= 11 is 5.97. The summed E-state index contributed by atoms with van der Waals surface area (Å²) in [6.07, 6.45) is 0. The van der Waals surface area contributed by atoms with E-state index in [0.29, 0.717) is 42.3 Å². The van der Waals surface area contributed by atoms with E-state index in [-0.39, 0.29) is 18.4 Å². The van der Waals surface area contributed by atoms with Crippen LogP contribution in [0.5, 0.6) is 0 Å². The lowest BCUT2D eigenvalue weighted by atomic mass is 10.1. The Hall–Kier alpha value is -3.84. The van der Waals surface area contributed by atoms with Gasteiger partial charge in [0.1, 0.15) is 6.04 Å². The van der Waals surface area contributed by atoms with Gasteiger partial charge in [0, 0.05) is 42.5 Å². The highest BCUT2D eigenvalue weighted by molar-refractivity contribution is 6.30. The first-order valence-corrected chi connectivity index (χ1v) is 11.9. The summed E-state index contributed by atoms with van der Waals surface area (Å²) in [6, 6.07) is 24.4. The molecule has 0 radical (unpaired) electrons. The molecule has 7 nitrogen and oxygen atoms in total. The number of anilines is 1. The molecule has 4 rings (SSSR count). The maximum atomic E-state index is 13.0. The van der Waals surface area contributed by atoms with Crippen molar-refractivity contribution < 1.29 is 14.4 Å². The second-order valence-corrected chi connectivity index (χ2v) is 8.68. The van der Waals surface area contributed by atoms with Gasteiger partial charge in [0.25, 0.3) is 5.91 Å². The summed E-state index contributed by atoms with van der Waals surface area (Å²) in [7, 11) is 0. The van der Waals surface area contributed by atoms with E-state index in [0.717, 1.165) is 5.69 Å². The third-order valence-electron chi connectivity index (χ3n) is 5.94. The third kappa shape index (κ3) is 6.39. The minimum atomic E-state index is -0.918. The number of halogens is 1. The Bertz CT molecular complexity index is 1150. The fourth-order valence-corrected chi connectivity index (χ4v) is 4.12. The molecular weight excluding hydrogens is 464 g/mol. The highest BCUT2D eigenvalue weighted by Crippen LogP contribution is 2.19. The summed E-state index contributed by atoms with van der Waals surface area (Å²) in [5, 5.41) is 6.19. The topological polar surface area (TPSA) is 81.8 Å². The van der Waals surface area contributed by atoms with Gasteiger partial charge in [-0.25, -0.2) is 0 Å². The van der Waals surface area contributed by atoms with Crippen LogP contribution in [0, 0.1) is 0 Å². The van der Waals surface area contributed by atoms with Crippen molar-refractivity contribution in [2.24, 2.45) is 0 Å². The number of benzene rings is 3. The van der Waals surface area contributed by atoms with Crippen LogP contribution in [0.2, 0.25) is 5.02 Å². The molecule has 0 aliphatic carbocycles. The Balaban J connectivity index is 1.33. The molecule has 1 saturated heterocycles. The Morgan fingerprint density at radius 3 is 2.03 bits per heavy atom. The van der Waals surface area contributed by atoms with E-state index >= 15 is 0 Å². The lowest BCUT2D eigenvalue weighted by molar-refractivity contribution is -0.133. The van der Waals surface area contributed by atoms with Crippen molar-refractivity contribution >= 4 is 35.0 Å². The number of carbonyl (C=O) groups is 3. The van der Waals surface area contributed by atoms with Gasteiger partial charge in [0.2, 0.25) is 11.8 Å². The monoisotopic (exact) mass is 490 g/mol. The molecule has 1 fully saturated rings. The minimum absolute atomic E-state index is 0.135. The average molecular weight is 491 g/mol. The van der Waals surface area contributed by atoms with E-state index < -0.39 is 11.9 Å². The third-order valence-corrected chi connectivity index (χ3v) is 6.20. The highest BCUT2D eigenvalue weighted by Gasteiger charge is 2.26. The highest BCUT2D eigenvalue weighted by atomic mass is 35.5. The summed E-state index contributed by atoms with van der Waals surface area (Å²) in [5.41, 5.74) is 2.16. The largest absolute Gasteiger partial charge is 0.368 e. The first-order chi connectivity index (χ1) is 17.0. The van der Waals surface area contributed by atoms with Gasteiger partial charge in [-0.2, -0.15) is 0 Å². The number of rotatable bonds is 7.